The number of nitrogens with one attached hydrogen (secondary N) is 1. The maximum atomic E-state index is 13.6. The van der Waals surface area contributed by atoms with Crippen molar-refractivity contribution in [3.8, 4) is 0 Å². The molecular formula is C67H84N8O7. The molecule has 82 heavy (non-hydrogen) atoms. The zero-order chi connectivity index (χ0) is 57.2. The van der Waals surface area contributed by atoms with Gasteiger partial charge in [-0.2, -0.15) is 0 Å². The molecule has 2 unspecified atom stereocenters. The standard InChI is InChI=1S/C32H36N4O3.C22H26N4O2.C11H14O2.2CH4/c1-5-21-14-22(6-2)16-25(15-21)32(39)35-13-12-23-8-9-24(17-26(23)19-35)28(18-30(37)38)27-10-11-29-31(20(27)4)33-34-36(29)7-3;1-4-26-20-8-7-18(14(2)22(20)24-25-26)19(12-21(27)28-3)16-6-5-15-9-10-23-13-17(15)11-16;1-3-8-5-9(4-2)7-10(6-8)11(12)13;;/h8-11,14-17,28H,5-7,12-13,18-19H2,1-4H3,(H,37,38);5-8,11,19,23H,4,9-10,12-13H2,1-3H3;5-7H,3-4H2,1-2H3,(H,12,13);2*1H4. The lowest BCUT2D eigenvalue weighted by Gasteiger charge is -2.30. The van der Waals surface area contributed by atoms with Gasteiger partial charge in [-0.1, -0.05) is 114 Å². The fraction of sp³-hybridized carbons (Fsp3) is 0.403. The summed E-state index contributed by atoms with van der Waals surface area (Å²) >= 11 is 0. The zero-order valence-electron chi connectivity index (χ0n) is 47.9. The predicted molar refractivity (Wildman–Crippen MR) is 326 cm³/mol. The molecule has 0 fully saturated rings. The Labute approximate surface area is 484 Å². The zero-order valence-corrected chi connectivity index (χ0v) is 47.9. The molecule has 3 N–H and O–H groups in total. The Bertz CT molecular complexity index is 3520. The maximum Gasteiger partial charge on any atom is 0.335 e. The van der Waals surface area contributed by atoms with Crippen LogP contribution in [-0.2, 0) is 79.0 Å². The molecule has 2 atom stereocenters. The lowest BCUT2D eigenvalue weighted by Crippen LogP contribution is -2.36. The van der Waals surface area contributed by atoms with Gasteiger partial charge >= 0.3 is 17.9 Å². The van der Waals surface area contributed by atoms with Gasteiger partial charge in [0.15, 0.2) is 0 Å². The number of aromatic nitrogens is 6. The topological polar surface area (TPSA) is 195 Å². The van der Waals surface area contributed by atoms with Crippen LogP contribution in [0.3, 0.4) is 0 Å². The number of nitrogens with zero attached hydrogens (tertiary/aromatic N) is 7. The van der Waals surface area contributed by atoms with Gasteiger partial charge in [0.2, 0.25) is 0 Å². The van der Waals surface area contributed by atoms with Gasteiger partial charge in [-0.25, -0.2) is 14.2 Å². The Balaban J connectivity index is 0.000000219. The molecule has 6 aromatic carbocycles. The number of methoxy groups -OCH3 is 1. The fourth-order valence-corrected chi connectivity index (χ4v) is 11.3. The number of aliphatic carboxylic acids is 1. The minimum Gasteiger partial charge on any atom is -0.481 e. The van der Waals surface area contributed by atoms with Crippen LogP contribution in [-0.4, -0.2) is 89.1 Å². The maximum absolute atomic E-state index is 13.6. The summed E-state index contributed by atoms with van der Waals surface area (Å²) in [6, 6.07) is 32.8. The van der Waals surface area contributed by atoms with Crippen LogP contribution in [0.2, 0.25) is 0 Å². The molecule has 0 aliphatic carbocycles. The molecule has 1 amide bonds. The first-order valence-corrected chi connectivity index (χ1v) is 28.3. The van der Waals surface area contributed by atoms with E-state index in [9.17, 15) is 24.3 Å². The normalized spacial score (nSPS) is 13.2. The molecule has 2 aliphatic rings. The number of esters is 1. The SMILES string of the molecule is C.C.CCc1cc(CC)cc(C(=O)N2CCc3ccc(C(CC(=O)O)c4ccc5c(nnn5CC)c4C)cc3C2)c1.CCc1cc(CC)cc(C(=O)O)c1.CCn1nnc2c(C)c(C(CC(=O)OC)c3ccc4c(c3)CNCC4)ccc21. The van der Waals surface area contributed by atoms with Gasteiger partial charge < -0.3 is 25.2 Å². The number of carboxylic acid groups (broad SMARTS) is 2. The highest BCUT2D eigenvalue weighted by Crippen LogP contribution is 2.37. The Morgan fingerprint density at radius 1 is 0.585 bits per heavy atom. The summed E-state index contributed by atoms with van der Waals surface area (Å²) in [5.41, 5.74) is 20.5. The summed E-state index contributed by atoms with van der Waals surface area (Å²) in [6.07, 6.45) is 5.65. The van der Waals surface area contributed by atoms with Crippen molar-refractivity contribution in [2.75, 3.05) is 20.2 Å². The van der Waals surface area contributed by atoms with Crippen LogP contribution >= 0.6 is 0 Å². The van der Waals surface area contributed by atoms with Crippen molar-refractivity contribution in [2.24, 2.45) is 0 Å². The van der Waals surface area contributed by atoms with Gasteiger partial charge in [-0.05, 0) is 187 Å². The summed E-state index contributed by atoms with van der Waals surface area (Å²) in [6.45, 7) is 21.0. The second-order valence-corrected chi connectivity index (χ2v) is 20.8. The number of carbonyl (C=O) groups excluding carboxylic acids is 2. The molecule has 0 bridgehead atoms. The van der Waals surface area contributed by atoms with Crippen LogP contribution in [0.15, 0.2) is 97.1 Å². The van der Waals surface area contributed by atoms with E-state index < -0.39 is 11.9 Å². The van der Waals surface area contributed by atoms with Crippen molar-refractivity contribution >= 4 is 45.9 Å². The molecule has 15 heteroatoms. The second-order valence-electron chi connectivity index (χ2n) is 20.8. The molecule has 0 saturated carbocycles. The number of carbonyl (C=O) groups is 4. The Morgan fingerprint density at radius 3 is 1.52 bits per heavy atom. The number of carboxylic acids is 2. The van der Waals surface area contributed by atoms with E-state index in [0.717, 1.165) is 142 Å². The quantitative estimate of drug-likeness (QED) is 0.0776. The summed E-state index contributed by atoms with van der Waals surface area (Å²) in [5, 5.41) is 39.3. The first kappa shape index (κ1) is 63.1. The third-order valence-corrected chi connectivity index (χ3v) is 16.0. The van der Waals surface area contributed by atoms with E-state index in [2.05, 4.69) is 114 Å². The average molecular weight is 1110 g/mol. The van der Waals surface area contributed by atoms with Gasteiger partial charge in [0.1, 0.15) is 11.0 Å². The van der Waals surface area contributed by atoms with E-state index in [1.807, 2.05) is 66.2 Å². The minimum atomic E-state index is -0.853. The summed E-state index contributed by atoms with van der Waals surface area (Å²) in [7, 11) is 1.44. The highest BCUT2D eigenvalue weighted by Gasteiger charge is 2.28. The molecule has 15 nitrogen and oxygen atoms in total. The van der Waals surface area contributed by atoms with Gasteiger partial charge in [-0.15, -0.1) is 10.2 Å². The highest BCUT2D eigenvalue weighted by molar-refractivity contribution is 5.95. The summed E-state index contributed by atoms with van der Waals surface area (Å²) < 4.78 is 8.75. The van der Waals surface area contributed by atoms with Crippen molar-refractivity contribution in [2.45, 2.75) is 160 Å². The number of hydrogen-bond donors (Lipinski definition) is 3. The largest absolute Gasteiger partial charge is 0.481 e. The third kappa shape index (κ3) is 14.2. The molecule has 0 spiro atoms. The molecular weight excluding hydrogens is 1030 g/mol. The van der Waals surface area contributed by atoms with Crippen molar-refractivity contribution in [1.29, 1.82) is 0 Å². The van der Waals surface area contributed by atoms with E-state index in [4.69, 9.17) is 9.84 Å². The number of ether oxygens (including phenoxy) is 1. The number of benzene rings is 6. The van der Waals surface area contributed by atoms with Gasteiger partial charge in [0.05, 0.1) is 36.5 Å². The average Bonchev–Trinajstić information content (AvgIpc) is 4.17. The highest BCUT2D eigenvalue weighted by atomic mass is 16.5. The Kier molecular flexibility index (Phi) is 22.0. The minimum absolute atomic E-state index is 0. The fourth-order valence-electron chi connectivity index (χ4n) is 11.3. The van der Waals surface area contributed by atoms with Crippen LogP contribution in [0.4, 0.5) is 0 Å². The first-order chi connectivity index (χ1) is 38.6. The van der Waals surface area contributed by atoms with E-state index in [0.29, 0.717) is 25.1 Å². The van der Waals surface area contributed by atoms with Crippen LogP contribution in [0.5, 0.6) is 0 Å². The summed E-state index contributed by atoms with van der Waals surface area (Å²) in [4.78, 5) is 50.4. The van der Waals surface area contributed by atoms with E-state index >= 15 is 0 Å². The lowest BCUT2D eigenvalue weighted by molar-refractivity contribution is -0.141. The molecule has 8 aromatic rings. The van der Waals surface area contributed by atoms with Crippen molar-refractivity contribution < 1.29 is 34.1 Å². The second kappa shape index (κ2) is 28.6. The number of rotatable bonds is 16. The molecule has 434 valence electrons. The lowest BCUT2D eigenvalue weighted by atomic mass is 9.83. The van der Waals surface area contributed by atoms with Crippen LogP contribution in [0.1, 0.15) is 180 Å². The molecule has 2 aromatic heterocycles. The van der Waals surface area contributed by atoms with Crippen LogP contribution in [0.25, 0.3) is 22.1 Å². The number of hydrogen-bond acceptors (Lipinski definition) is 10. The van der Waals surface area contributed by atoms with Crippen molar-refractivity contribution in [3.63, 3.8) is 0 Å². The molecule has 2 aliphatic heterocycles. The number of fused-ring (bicyclic) bond motifs is 4. The Hall–Kier alpha value is -8.04. The van der Waals surface area contributed by atoms with E-state index in [1.165, 1.54) is 34.9 Å². The predicted octanol–water partition coefficient (Wildman–Crippen LogP) is 12.6. The van der Waals surface area contributed by atoms with E-state index in [1.54, 1.807) is 12.1 Å². The van der Waals surface area contributed by atoms with Crippen molar-refractivity contribution in [3.05, 3.63) is 186 Å². The van der Waals surface area contributed by atoms with Gasteiger partial charge in [0, 0.05) is 50.1 Å². The third-order valence-electron chi connectivity index (χ3n) is 16.0. The molecule has 0 radical (unpaired) electrons. The molecule has 10 rings (SSSR count). The van der Waals surface area contributed by atoms with Crippen molar-refractivity contribution in [1.82, 2.24) is 40.2 Å². The molecule has 0 saturated heterocycles. The van der Waals surface area contributed by atoms with Gasteiger partial charge in [-0.3, -0.25) is 14.4 Å². The smallest absolute Gasteiger partial charge is 0.335 e. The monoisotopic (exact) mass is 1110 g/mol. The molecule has 4 heterocycles. The number of aryl methyl sites for hydroxylation is 8. The first-order valence-electron chi connectivity index (χ1n) is 28.3. The number of aromatic carboxylic acids is 1. The van der Waals surface area contributed by atoms with Gasteiger partial charge in [0.25, 0.3) is 5.91 Å². The van der Waals surface area contributed by atoms with Crippen LogP contribution in [0, 0.1) is 13.8 Å². The summed E-state index contributed by atoms with van der Waals surface area (Å²) in [5.74, 6) is -2.26. The number of amides is 1. The van der Waals surface area contributed by atoms with Crippen LogP contribution < -0.4 is 5.32 Å². The Morgan fingerprint density at radius 2 is 1.06 bits per heavy atom. The van der Waals surface area contributed by atoms with E-state index in [-0.39, 0.29) is 45.0 Å².